The molecule has 0 aliphatic heterocycles. The van der Waals surface area contributed by atoms with E-state index in [4.69, 9.17) is 33.0 Å². The van der Waals surface area contributed by atoms with E-state index in [1.165, 1.54) is 12.2 Å². The van der Waals surface area contributed by atoms with Crippen molar-refractivity contribution in [3.63, 3.8) is 0 Å². The van der Waals surface area contributed by atoms with Crippen LogP contribution in [-0.2, 0) is 9.47 Å². The fourth-order valence-electron chi connectivity index (χ4n) is 1.60. The Kier molecular flexibility index (Phi) is 4.35. The Hall–Kier alpha value is -1.13. The monoisotopic (exact) mass is 246 g/mol. The second kappa shape index (κ2) is 5.25. The van der Waals surface area contributed by atoms with Crippen molar-refractivity contribution < 1.29 is 18.3 Å². The van der Waals surface area contributed by atoms with Gasteiger partial charge >= 0.3 is 0 Å². The Balaban J connectivity index is 3.16. The molecule has 0 spiro atoms. The lowest BCUT2D eigenvalue weighted by Crippen LogP contribution is -2.40. The Morgan fingerprint density at radius 2 is 1.56 bits per heavy atom. The minimum atomic E-state index is -2.94. The first-order valence-corrected chi connectivity index (χ1v) is 5.22. The molecule has 2 nitrogen and oxygen atoms in total. The molecule has 1 aliphatic carbocycles. The van der Waals surface area contributed by atoms with Crippen LogP contribution in [0, 0.1) is 0 Å². The summed E-state index contributed by atoms with van der Waals surface area (Å²) in [5.41, 5.74) is -2.94. The summed E-state index contributed by atoms with van der Waals surface area (Å²) in [6, 6.07) is 0. The van der Waals surface area contributed by atoms with Gasteiger partial charge in [-0.15, -0.1) is 0 Å². The molecule has 1 rings (SSSR count). The fourth-order valence-corrected chi connectivity index (χ4v) is 1.60. The minimum absolute atomic E-state index is 0.0325. The summed E-state index contributed by atoms with van der Waals surface area (Å²) in [5.74, 6) is -0.913. The molecule has 0 amide bonds. The molecule has 90 valence electrons. The van der Waals surface area contributed by atoms with Crippen molar-refractivity contribution in [2.45, 2.75) is 17.0 Å². The third kappa shape index (κ3) is 2.35. The fraction of sp³-hybridized carbons (Fsp3) is 0.455. The maximum atomic E-state index is 14.1. The molecule has 0 bridgehead atoms. The average Bonchev–Trinajstić information content (AvgIpc) is 2.42. The van der Waals surface area contributed by atoms with Crippen LogP contribution in [0.25, 0.3) is 0 Å². The van der Waals surface area contributed by atoms with Crippen LogP contribution in [0.4, 0.5) is 8.78 Å². The zero-order valence-corrected chi connectivity index (χ0v) is 9.86. The van der Waals surface area contributed by atoms with Crippen LogP contribution in [0.15, 0.2) is 36.8 Å². The Morgan fingerprint density at radius 1 is 1.11 bits per heavy atom. The van der Waals surface area contributed by atoms with E-state index in [2.05, 4.69) is 13.2 Å². The molecule has 0 saturated carbocycles. The Morgan fingerprint density at radius 3 is 2.00 bits per heavy atom. The number of hydrogen-bond donors (Lipinski definition) is 0. The lowest BCUT2D eigenvalue weighted by atomic mass is 9.50. The van der Waals surface area contributed by atoms with Gasteiger partial charge in [-0.05, 0) is 5.21 Å². The maximum Gasteiger partial charge on any atom is 0.163 e. The summed E-state index contributed by atoms with van der Waals surface area (Å²) in [4.78, 5) is 0. The van der Waals surface area contributed by atoms with Crippen molar-refractivity contribution in [2.75, 3.05) is 13.2 Å². The summed E-state index contributed by atoms with van der Waals surface area (Å²) >= 11 is 0. The standard InChI is InChI=1S/C11H11B3F2O2/c1-3-5-17-7-8(18-6-4-2)11(14,16)9(15)10(7,12)13/h3-4,9H,1-2,5-6H2. The van der Waals surface area contributed by atoms with Crippen LogP contribution in [0.1, 0.15) is 0 Å². The van der Waals surface area contributed by atoms with Gasteiger partial charge in [-0.1, -0.05) is 25.3 Å². The van der Waals surface area contributed by atoms with Crippen molar-refractivity contribution in [1.82, 2.24) is 0 Å². The summed E-state index contributed by atoms with van der Waals surface area (Å²) in [7, 11) is 16.2. The van der Waals surface area contributed by atoms with Gasteiger partial charge in [0.15, 0.2) is 11.3 Å². The van der Waals surface area contributed by atoms with Crippen molar-refractivity contribution in [3.05, 3.63) is 36.8 Å². The van der Waals surface area contributed by atoms with Crippen LogP contribution in [0.2, 0.25) is 5.21 Å². The normalized spacial score (nSPS) is 30.0. The van der Waals surface area contributed by atoms with Gasteiger partial charge < -0.3 is 9.47 Å². The number of rotatable bonds is 6. The second-order valence-corrected chi connectivity index (χ2v) is 3.92. The van der Waals surface area contributed by atoms with Crippen LogP contribution in [0.3, 0.4) is 0 Å². The van der Waals surface area contributed by atoms with Crippen LogP contribution in [0.5, 0.6) is 0 Å². The number of ether oxygens (including phenoxy) is 2. The summed E-state index contributed by atoms with van der Waals surface area (Å²) < 4.78 is 38.0. The van der Waals surface area contributed by atoms with E-state index >= 15 is 0 Å². The first kappa shape index (κ1) is 14.9. The van der Waals surface area contributed by atoms with E-state index in [0.29, 0.717) is 0 Å². The molecule has 6 radical (unpaired) electrons. The largest absolute Gasteiger partial charge is 0.491 e. The molecule has 1 aliphatic rings. The molecule has 0 aromatic rings. The van der Waals surface area contributed by atoms with E-state index in [1.54, 1.807) is 0 Å². The molecule has 0 N–H and O–H groups in total. The molecule has 0 heterocycles. The molecule has 0 saturated heterocycles. The Bertz CT molecular complexity index is 346. The van der Waals surface area contributed by atoms with E-state index in [1.807, 2.05) is 0 Å². The van der Waals surface area contributed by atoms with Gasteiger partial charge in [-0.25, -0.2) is 8.78 Å². The maximum absolute atomic E-state index is 14.1. The lowest BCUT2D eigenvalue weighted by Gasteiger charge is -2.28. The highest BCUT2D eigenvalue weighted by Crippen LogP contribution is 2.52. The number of halogens is 2. The highest BCUT2D eigenvalue weighted by molar-refractivity contribution is 6.44. The molecule has 0 aromatic heterocycles. The zero-order chi connectivity index (χ0) is 14.0. The van der Waals surface area contributed by atoms with Gasteiger partial charge in [-0.3, -0.25) is 0 Å². The van der Waals surface area contributed by atoms with E-state index in [-0.39, 0.29) is 19.0 Å². The molecule has 2 atom stereocenters. The SMILES string of the molecule is [B]C1([B])C(OCC=C)=C(OCC=C)C([B])(F)C1F. The Labute approximate surface area is 109 Å². The van der Waals surface area contributed by atoms with Crippen molar-refractivity contribution in [2.24, 2.45) is 0 Å². The third-order valence-corrected chi connectivity index (χ3v) is 2.43. The van der Waals surface area contributed by atoms with E-state index in [0.717, 1.165) is 0 Å². The first-order valence-electron chi connectivity index (χ1n) is 5.22. The van der Waals surface area contributed by atoms with Gasteiger partial charge in [0.1, 0.15) is 33.0 Å². The molecule has 0 fully saturated rings. The summed E-state index contributed by atoms with van der Waals surface area (Å²) in [5, 5.41) is -2.19. The van der Waals surface area contributed by atoms with E-state index in [9.17, 15) is 8.78 Å². The van der Waals surface area contributed by atoms with Gasteiger partial charge in [0.2, 0.25) is 0 Å². The summed E-state index contributed by atoms with van der Waals surface area (Å²) in [6.07, 6.45) is 0.328. The lowest BCUT2D eigenvalue weighted by molar-refractivity contribution is 0.101. The predicted octanol–water partition coefficient (Wildman–Crippen LogP) is 1.24. The van der Waals surface area contributed by atoms with Crippen molar-refractivity contribution in [1.29, 1.82) is 0 Å². The highest BCUT2D eigenvalue weighted by Gasteiger charge is 2.58. The van der Waals surface area contributed by atoms with Crippen molar-refractivity contribution in [3.8, 4) is 0 Å². The van der Waals surface area contributed by atoms with Gasteiger partial charge in [-0.2, -0.15) is 0 Å². The van der Waals surface area contributed by atoms with Gasteiger partial charge in [0.05, 0.1) is 15.7 Å². The zero-order valence-electron chi connectivity index (χ0n) is 9.86. The molecule has 7 heteroatoms. The van der Waals surface area contributed by atoms with Gasteiger partial charge in [0, 0.05) is 0 Å². The molecule has 18 heavy (non-hydrogen) atoms. The van der Waals surface area contributed by atoms with Crippen LogP contribution < -0.4 is 0 Å². The van der Waals surface area contributed by atoms with Crippen LogP contribution in [-0.4, -0.2) is 48.5 Å². The third-order valence-electron chi connectivity index (χ3n) is 2.43. The average molecular weight is 246 g/mol. The minimum Gasteiger partial charge on any atom is -0.491 e. The van der Waals surface area contributed by atoms with Crippen molar-refractivity contribution >= 4 is 23.5 Å². The topological polar surface area (TPSA) is 18.5 Å². The number of alkyl halides is 2. The quantitative estimate of drug-likeness (QED) is 0.518. The number of hydrogen-bond acceptors (Lipinski definition) is 2. The highest BCUT2D eigenvalue weighted by atomic mass is 19.2. The second-order valence-electron chi connectivity index (χ2n) is 3.92. The molecular formula is C11H11B3F2O2. The number of allylic oxidation sites excluding steroid dienone is 2. The first-order chi connectivity index (χ1) is 8.30. The van der Waals surface area contributed by atoms with Gasteiger partial charge in [0.25, 0.3) is 0 Å². The van der Waals surface area contributed by atoms with Crippen LogP contribution >= 0.6 is 0 Å². The smallest absolute Gasteiger partial charge is 0.163 e. The van der Waals surface area contributed by atoms with E-state index < -0.39 is 22.7 Å². The molecule has 2 unspecified atom stereocenters. The summed E-state index contributed by atoms with van der Waals surface area (Å²) in [6.45, 7) is 6.68. The molecule has 0 aromatic carbocycles. The molecular weight excluding hydrogens is 235 g/mol. The predicted molar refractivity (Wildman–Crippen MR) is 68.0 cm³/mol.